The van der Waals surface area contributed by atoms with Gasteiger partial charge in [-0.25, -0.2) is 0 Å². The van der Waals surface area contributed by atoms with Crippen molar-refractivity contribution in [2.45, 2.75) is 6.92 Å². The first-order valence-electron chi connectivity index (χ1n) is 6.90. The third-order valence-corrected chi connectivity index (χ3v) is 4.63. The Balaban J connectivity index is 1.94. The van der Waals surface area contributed by atoms with Gasteiger partial charge in [0, 0.05) is 18.1 Å². The third-order valence-electron chi connectivity index (χ3n) is 3.87. The Bertz CT molecular complexity index is 844. The SMILES string of the molecule is Cc1ccc(-n2ncc(N3CC(C(=O)O)C3)c(Cl)c2=O)cc1Cl. The number of anilines is 1. The molecule has 0 bridgehead atoms. The molecule has 0 amide bonds. The number of carboxylic acids is 1. The van der Waals surface area contributed by atoms with E-state index in [0.717, 1.165) is 5.56 Å². The predicted octanol–water partition coefficient (Wildman–Crippen LogP) is 2.37. The molecule has 0 aliphatic carbocycles. The van der Waals surface area contributed by atoms with E-state index in [0.29, 0.717) is 29.5 Å². The number of rotatable bonds is 3. The smallest absolute Gasteiger partial charge is 0.310 e. The third kappa shape index (κ3) is 2.80. The van der Waals surface area contributed by atoms with Crippen LogP contribution < -0.4 is 10.5 Å². The number of nitrogens with zero attached hydrogens (tertiary/aromatic N) is 3. The summed E-state index contributed by atoms with van der Waals surface area (Å²) in [5.74, 6) is -1.29. The van der Waals surface area contributed by atoms with Gasteiger partial charge in [-0.2, -0.15) is 9.78 Å². The minimum Gasteiger partial charge on any atom is -0.481 e. The monoisotopic (exact) mass is 353 g/mol. The molecule has 23 heavy (non-hydrogen) atoms. The molecule has 2 aromatic rings. The van der Waals surface area contributed by atoms with Crippen LogP contribution in [0.5, 0.6) is 0 Å². The Labute approximate surface area is 141 Å². The van der Waals surface area contributed by atoms with Crippen LogP contribution in [0, 0.1) is 12.8 Å². The Morgan fingerprint density at radius 3 is 2.65 bits per heavy atom. The maximum Gasteiger partial charge on any atom is 0.310 e. The van der Waals surface area contributed by atoms with Gasteiger partial charge < -0.3 is 10.0 Å². The number of benzene rings is 1. The molecule has 1 aliphatic rings. The highest BCUT2D eigenvalue weighted by molar-refractivity contribution is 6.33. The van der Waals surface area contributed by atoms with E-state index >= 15 is 0 Å². The summed E-state index contributed by atoms with van der Waals surface area (Å²) in [6, 6.07) is 5.17. The van der Waals surface area contributed by atoms with Crippen LogP contribution in [-0.2, 0) is 4.79 Å². The molecule has 1 aliphatic heterocycles. The van der Waals surface area contributed by atoms with Crippen LogP contribution in [-0.4, -0.2) is 33.9 Å². The second kappa shape index (κ2) is 5.86. The molecule has 0 spiro atoms. The number of carbonyl (C=O) groups is 1. The van der Waals surface area contributed by atoms with Crippen molar-refractivity contribution in [1.29, 1.82) is 0 Å². The zero-order valence-electron chi connectivity index (χ0n) is 12.2. The first-order chi connectivity index (χ1) is 10.9. The van der Waals surface area contributed by atoms with Gasteiger partial charge >= 0.3 is 5.97 Å². The van der Waals surface area contributed by atoms with Crippen molar-refractivity contribution < 1.29 is 9.90 Å². The summed E-state index contributed by atoms with van der Waals surface area (Å²) in [5.41, 5.74) is 1.39. The number of aromatic nitrogens is 2. The average Bonchev–Trinajstić information content (AvgIpc) is 2.45. The molecule has 3 rings (SSSR count). The summed E-state index contributed by atoms with van der Waals surface area (Å²) < 4.78 is 1.17. The van der Waals surface area contributed by atoms with Gasteiger partial charge in [0.25, 0.3) is 5.56 Å². The van der Waals surface area contributed by atoms with Crippen molar-refractivity contribution in [3.05, 3.63) is 50.4 Å². The Morgan fingerprint density at radius 2 is 2.04 bits per heavy atom. The number of aryl methyl sites for hydroxylation is 1. The van der Waals surface area contributed by atoms with Crippen LogP contribution >= 0.6 is 23.2 Å². The van der Waals surface area contributed by atoms with Crippen molar-refractivity contribution in [2.24, 2.45) is 5.92 Å². The fourth-order valence-electron chi connectivity index (χ4n) is 2.37. The number of carboxylic acid groups (broad SMARTS) is 1. The van der Waals surface area contributed by atoms with E-state index in [1.165, 1.54) is 10.9 Å². The topological polar surface area (TPSA) is 75.4 Å². The standard InChI is InChI=1S/C15H13Cl2N3O3/c1-8-2-3-10(4-11(8)16)20-14(21)13(17)12(5-18-20)19-6-9(7-19)15(22)23/h2-5,9H,6-7H2,1H3,(H,22,23). The van der Waals surface area contributed by atoms with E-state index in [1.54, 1.807) is 23.1 Å². The minimum absolute atomic E-state index is 0.0144. The Hall–Kier alpha value is -2.05. The molecule has 0 saturated carbocycles. The maximum absolute atomic E-state index is 12.4. The highest BCUT2D eigenvalue weighted by Gasteiger charge is 2.34. The van der Waals surface area contributed by atoms with E-state index in [1.807, 2.05) is 6.92 Å². The zero-order valence-corrected chi connectivity index (χ0v) is 13.7. The Morgan fingerprint density at radius 1 is 1.35 bits per heavy atom. The fourth-order valence-corrected chi connectivity index (χ4v) is 2.80. The molecule has 0 atom stereocenters. The number of aliphatic carboxylic acids is 1. The molecule has 1 aromatic carbocycles. The second-order valence-corrected chi connectivity index (χ2v) is 6.22. The molecule has 1 N–H and O–H groups in total. The first kappa shape index (κ1) is 15.8. The summed E-state index contributed by atoms with van der Waals surface area (Å²) in [5, 5.41) is 13.6. The molecule has 1 saturated heterocycles. The van der Waals surface area contributed by atoms with Crippen molar-refractivity contribution in [1.82, 2.24) is 9.78 Å². The molecule has 1 fully saturated rings. The molecule has 1 aromatic heterocycles. The highest BCUT2D eigenvalue weighted by Crippen LogP contribution is 2.29. The molecule has 120 valence electrons. The van der Waals surface area contributed by atoms with E-state index in [-0.39, 0.29) is 5.02 Å². The second-order valence-electron chi connectivity index (χ2n) is 5.43. The average molecular weight is 354 g/mol. The first-order valence-corrected chi connectivity index (χ1v) is 7.66. The quantitative estimate of drug-likeness (QED) is 0.916. The van der Waals surface area contributed by atoms with Crippen LogP contribution in [0.15, 0.2) is 29.2 Å². The molecule has 0 unspecified atom stereocenters. The molecular weight excluding hydrogens is 341 g/mol. The molecule has 2 heterocycles. The van der Waals surface area contributed by atoms with Crippen LogP contribution in [0.4, 0.5) is 5.69 Å². The van der Waals surface area contributed by atoms with E-state index in [2.05, 4.69) is 5.10 Å². The lowest BCUT2D eigenvalue weighted by Gasteiger charge is -2.38. The number of hydrogen-bond donors (Lipinski definition) is 1. The zero-order chi connectivity index (χ0) is 16.7. The van der Waals surface area contributed by atoms with Gasteiger partial charge in [0.1, 0.15) is 5.02 Å². The van der Waals surface area contributed by atoms with Gasteiger partial charge in [-0.1, -0.05) is 29.3 Å². The number of halogens is 2. The minimum atomic E-state index is -0.854. The van der Waals surface area contributed by atoms with Gasteiger partial charge in [-0.05, 0) is 24.6 Å². The summed E-state index contributed by atoms with van der Waals surface area (Å²) in [6.07, 6.45) is 1.47. The van der Waals surface area contributed by atoms with Gasteiger partial charge in [0.05, 0.1) is 23.5 Å². The predicted molar refractivity (Wildman–Crippen MR) is 87.9 cm³/mol. The van der Waals surface area contributed by atoms with Crippen molar-refractivity contribution in [3.63, 3.8) is 0 Å². The van der Waals surface area contributed by atoms with Crippen molar-refractivity contribution in [3.8, 4) is 5.69 Å². The summed E-state index contributed by atoms with van der Waals surface area (Å²) in [7, 11) is 0. The van der Waals surface area contributed by atoms with E-state index < -0.39 is 17.4 Å². The Kier molecular flexibility index (Phi) is 4.04. The molecule has 6 nitrogen and oxygen atoms in total. The van der Waals surface area contributed by atoms with Gasteiger partial charge in [0.15, 0.2) is 0 Å². The van der Waals surface area contributed by atoms with Crippen LogP contribution in [0.1, 0.15) is 5.56 Å². The van der Waals surface area contributed by atoms with Crippen LogP contribution in [0.2, 0.25) is 10.0 Å². The molecule has 8 heteroatoms. The largest absolute Gasteiger partial charge is 0.481 e. The lowest BCUT2D eigenvalue weighted by molar-refractivity contribution is -0.142. The normalized spacial score (nSPS) is 14.7. The molecular formula is C15H13Cl2N3O3. The maximum atomic E-state index is 12.4. The fraction of sp³-hybridized carbons (Fsp3) is 0.267. The van der Waals surface area contributed by atoms with Crippen molar-refractivity contribution in [2.75, 3.05) is 18.0 Å². The van der Waals surface area contributed by atoms with Crippen molar-refractivity contribution >= 4 is 34.9 Å². The van der Waals surface area contributed by atoms with Gasteiger partial charge in [-0.3, -0.25) is 9.59 Å². The van der Waals surface area contributed by atoms with E-state index in [4.69, 9.17) is 28.3 Å². The van der Waals surface area contributed by atoms with Crippen LogP contribution in [0.3, 0.4) is 0 Å². The molecule has 0 radical (unpaired) electrons. The number of hydrogen-bond acceptors (Lipinski definition) is 4. The summed E-state index contributed by atoms with van der Waals surface area (Å²) >= 11 is 12.2. The highest BCUT2D eigenvalue weighted by atomic mass is 35.5. The summed E-state index contributed by atoms with van der Waals surface area (Å²) in [6.45, 7) is 2.49. The van der Waals surface area contributed by atoms with Crippen LogP contribution in [0.25, 0.3) is 5.69 Å². The van der Waals surface area contributed by atoms with Gasteiger partial charge in [-0.15, -0.1) is 0 Å². The lowest BCUT2D eigenvalue weighted by atomic mass is 10.0. The van der Waals surface area contributed by atoms with E-state index in [9.17, 15) is 9.59 Å². The summed E-state index contributed by atoms with van der Waals surface area (Å²) in [4.78, 5) is 25.0. The lowest BCUT2D eigenvalue weighted by Crippen LogP contribution is -2.51. The van der Waals surface area contributed by atoms with Gasteiger partial charge in [0.2, 0.25) is 0 Å².